The molecule has 0 fully saturated rings. The Morgan fingerprint density at radius 3 is 2.52 bits per heavy atom. The van der Waals surface area contributed by atoms with Crippen LogP contribution in [0.5, 0.6) is 5.75 Å². The van der Waals surface area contributed by atoms with Crippen molar-refractivity contribution in [1.82, 2.24) is 0 Å². The lowest BCUT2D eigenvalue weighted by Crippen LogP contribution is -2.09. The number of benzene rings is 2. The third-order valence-corrected chi connectivity index (χ3v) is 4.78. The number of carbonyl (C=O) groups excluding carboxylic acids is 2. The maximum atomic E-state index is 12.3. The summed E-state index contributed by atoms with van der Waals surface area (Å²) in [5.74, 6) is 1.75. The minimum atomic E-state index is -0.0000217. The fourth-order valence-electron chi connectivity index (χ4n) is 2.55. The molecular formula is C19H18O3S. The molecule has 0 saturated carbocycles. The van der Waals surface area contributed by atoms with E-state index in [1.54, 1.807) is 23.9 Å². The lowest BCUT2D eigenvalue weighted by Gasteiger charge is -2.17. The molecule has 0 aliphatic carbocycles. The van der Waals surface area contributed by atoms with Crippen LogP contribution in [-0.2, 0) is 0 Å². The molecule has 0 spiro atoms. The molecule has 0 amide bonds. The zero-order chi connectivity index (χ0) is 16.2. The number of carbonyl (C=O) groups is 2. The highest BCUT2D eigenvalue weighted by molar-refractivity contribution is 7.99. The minimum Gasteiger partial charge on any atom is -0.492 e. The van der Waals surface area contributed by atoms with Gasteiger partial charge in [-0.05, 0) is 31.2 Å². The van der Waals surface area contributed by atoms with Gasteiger partial charge < -0.3 is 4.74 Å². The van der Waals surface area contributed by atoms with Crippen LogP contribution in [0.4, 0.5) is 0 Å². The van der Waals surface area contributed by atoms with Crippen LogP contribution >= 0.6 is 11.8 Å². The second-order valence-corrected chi connectivity index (χ2v) is 6.71. The summed E-state index contributed by atoms with van der Waals surface area (Å²) in [6.07, 6.45) is 0.472. The molecule has 0 saturated heterocycles. The lowest BCUT2D eigenvalue weighted by molar-refractivity contribution is 0.0917. The minimum absolute atomic E-state index is 0.0000217. The quantitative estimate of drug-likeness (QED) is 0.767. The summed E-state index contributed by atoms with van der Waals surface area (Å²) < 4.78 is 5.54. The van der Waals surface area contributed by atoms with E-state index >= 15 is 0 Å². The van der Waals surface area contributed by atoms with Crippen LogP contribution in [0.25, 0.3) is 0 Å². The van der Waals surface area contributed by atoms with E-state index in [0.717, 1.165) is 22.0 Å². The van der Waals surface area contributed by atoms with Gasteiger partial charge in [0.05, 0.1) is 11.5 Å². The van der Waals surface area contributed by atoms with Gasteiger partial charge in [-0.1, -0.05) is 23.8 Å². The summed E-state index contributed by atoms with van der Waals surface area (Å²) in [5.41, 5.74) is 2.37. The number of hydrogen-bond acceptors (Lipinski definition) is 4. The normalized spacial score (nSPS) is 13.1. The smallest absolute Gasteiger partial charge is 0.163 e. The fraction of sp³-hybridized carbons (Fsp3) is 0.263. The zero-order valence-corrected chi connectivity index (χ0v) is 13.8. The van der Waals surface area contributed by atoms with Crippen molar-refractivity contribution in [3.8, 4) is 5.75 Å². The second kappa shape index (κ2) is 7.01. The Balaban J connectivity index is 1.64. The fourth-order valence-corrected chi connectivity index (χ4v) is 3.42. The second-order valence-electron chi connectivity index (χ2n) is 5.57. The van der Waals surface area contributed by atoms with E-state index in [1.165, 1.54) is 0 Å². The first-order chi connectivity index (χ1) is 11.1. The average molecular weight is 326 g/mol. The van der Waals surface area contributed by atoms with Gasteiger partial charge in [-0.25, -0.2) is 0 Å². The Bertz CT molecular complexity index is 752. The van der Waals surface area contributed by atoms with Crippen molar-refractivity contribution in [2.75, 3.05) is 12.4 Å². The summed E-state index contributed by atoms with van der Waals surface area (Å²) in [7, 11) is 0. The van der Waals surface area contributed by atoms with Gasteiger partial charge in [-0.2, -0.15) is 0 Å². The van der Waals surface area contributed by atoms with Crippen LogP contribution in [0.15, 0.2) is 47.4 Å². The van der Waals surface area contributed by atoms with Crippen molar-refractivity contribution in [1.29, 1.82) is 0 Å². The summed E-state index contributed by atoms with van der Waals surface area (Å²) in [5, 5.41) is 0. The Morgan fingerprint density at radius 2 is 1.78 bits per heavy atom. The van der Waals surface area contributed by atoms with Gasteiger partial charge in [0.25, 0.3) is 0 Å². The number of ketones is 2. The maximum absolute atomic E-state index is 12.3. The number of thioether (sulfide) groups is 1. The Labute approximate surface area is 140 Å². The highest BCUT2D eigenvalue weighted by Gasteiger charge is 2.15. The number of aryl methyl sites for hydroxylation is 1. The van der Waals surface area contributed by atoms with Crippen LogP contribution in [-0.4, -0.2) is 23.9 Å². The van der Waals surface area contributed by atoms with Crippen LogP contribution in [0, 0.1) is 6.92 Å². The van der Waals surface area contributed by atoms with Crippen molar-refractivity contribution in [2.24, 2.45) is 0 Å². The Hall–Kier alpha value is -2.07. The Morgan fingerprint density at radius 1 is 1.04 bits per heavy atom. The molecule has 0 atom stereocenters. The van der Waals surface area contributed by atoms with E-state index in [-0.39, 0.29) is 24.4 Å². The van der Waals surface area contributed by atoms with Crippen LogP contribution in [0.3, 0.4) is 0 Å². The Kier molecular flexibility index (Phi) is 4.82. The third kappa shape index (κ3) is 3.82. The highest BCUT2D eigenvalue weighted by Crippen LogP contribution is 2.34. The molecule has 118 valence electrons. The van der Waals surface area contributed by atoms with Gasteiger partial charge in [-0.15, -0.1) is 11.8 Å². The molecular weight excluding hydrogens is 308 g/mol. The summed E-state index contributed by atoms with van der Waals surface area (Å²) in [4.78, 5) is 25.5. The van der Waals surface area contributed by atoms with E-state index in [9.17, 15) is 9.59 Å². The molecule has 4 heteroatoms. The predicted octanol–water partition coefficient (Wildman–Crippen LogP) is 4.33. The van der Waals surface area contributed by atoms with Crippen LogP contribution < -0.4 is 4.74 Å². The van der Waals surface area contributed by atoms with Crippen LogP contribution in [0.1, 0.15) is 39.1 Å². The van der Waals surface area contributed by atoms with Gasteiger partial charge in [0.15, 0.2) is 11.6 Å². The van der Waals surface area contributed by atoms with Crippen molar-refractivity contribution in [3.05, 3.63) is 59.2 Å². The topological polar surface area (TPSA) is 43.4 Å². The largest absolute Gasteiger partial charge is 0.492 e. The maximum Gasteiger partial charge on any atom is 0.163 e. The first-order valence-corrected chi connectivity index (χ1v) is 8.65. The lowest BCUT2D eigenvalue weighted by atomic mass is 10.0. The van der Waals surface area contributed by atoms with Gasteiger partial charge in [0.2, 0.25) is 0 Å². The molecule has 1 aliphatic heterocycles. The molecule has 3 nitrogen and oxygen atoms in total. The van der Waals surface area contributed by atoms with E-state index < -0.39 is 0 Å². The molecule has 1 heterocycles. The zero-order valence-electron chi connectivity index (χ0n) is 13.0. The molecule has 0 radical (unpaired) electrons. The monoisotopic (exact) mass is 326 g/mol. The standard InChI is InChI=1S/C19H18O3S/c1-13-3-2-4-14(11-13)16(20)6-7-17(21)15-5-8-18-19(12-15)23-10-9-22-18/h2-5,8,11-12H,6-7,9-10H2,1H3. The van der Waals surface area contributed by atoms with E-state index in [1.807, 2.05) is 37.3 Å². The first-order valence-electron chi connectivity index (χ1n) is 7.66. The number of Topliss-reactive ketones (excluding diaryl/α,β-unsaturated/α-hetero) is 2. The van der Waals surface area contributed by atoms with Gasteiger partial charge in [-0.3, -0.25) is 9.59 Å². The number of ether oxygens (including phenoxy) is 1. The van der Waals surface area contributed by atoms with Crippen molar-refractivity contribution in [2.45, 2.75) is 24.7 Å². The number of fused-ring (bicyclic) bond motifs is 1. The summed E-state index contributed by atoms with van der Waals surface area (Å²) in [6.45, 7) is 2.66. The van der Waals surface area contributed by atoms with Crippen molar-refractivity contribution < 1.29 is 14.3 Å². The molecule has 2 aromatic carbocycles. The van der Waals surface area contributed by atoms with Gasteiger partial charge in [0, 0.05) is 29.7 Å². The molecule has 23 heavy (non-hydrogen) atoms. The molecule has 2 aromatic rings. The van der Waals surface area contributed by atoms with Crippen molar-refractivity contribution >= 4 is 23.3 Å². The van der Waals surface area contributed by atoms with E-state index in [0.29, 0.717) is 17.7 Å². The molecule has 0 N–H and O–H groups in total. The molecule has 0 aromatic heterocycles. The molecule has 1 aliphatic rings. The predicted molar refractivity (Wildman–Crippen MR) is 91.7 cm³/mol. The van der Waals surface area contributed by atoms with E-state index in [2.05, 4.69) is 0 Å². The molecule has 0 bridgehead atoms. The number of hydrogen-bond donors (Lipinski definition) is 0. The summed E-state index contributed by atoms with van der Waals surface area (Å²) >= 11 is 1.70. The molecule has 3 rings (SSSR count). The van der Waals surface area contributed by atoms with Crippen LogP contribution in [0.2, 0.25) is 0 Å². The summed E-state index contributed by atoms with van der Waals surface area (Å²) in [6, 6.07) is 13.0. The van der Waals surface area contributed by atoms with Crippen molar-refractivity contribution in [3.63, 3.8) is 0 Å². The van der Waals surface area contributed by atoms with E-state index in [4.69, 9.17) is 4.74 Å². The van der Waals surface area contributed by atoms with Gasteiger partial charge in [0.1, 0.15) is 5.75 Å². The SMILES string of the molecule is Cc1cccc(C(=O)CCC(=O)c2ccc3c(c2)SCCO3)c1. The molecule has 0 unspecified atom stereocenters. The third-order valence-electron chi connectivity index (χ3n) is 3.78. The highest BCUT2D eigenvalue weighted by atomic mass is 32.2. The first kappa shape index (κ1) is 15.8. The average Bonchev–Trinajstić information content (AvgIpc) is 2.59. The van der Waals surface area contributed by atoms with Gasteiger partial charge >= 0.3 is 0 Å². The number of rotatable bonds is 5.